The minimum absolute atomic E-state index is 0.0144. The highest BCUT2D eigenvalue weighted by Crippen LogP contribution is 2.28. The molecule has 1 atom stereocenters. The topological polar surface area (TPSA) is 85.3 Å². The lowest BCUT2D eigenvalue weighted by atomic mass is 10.0. The van der Waals surface area contributed by atoms with Gasteiger partial charge in [-0.05, 0) is 30.7 Å². The van der Waals surface area contributed by atoms with Crippen molar-refractivity contribution in [3.05, 3.63) is 40.2 Å². The monoisotopic (exact) mass is 360 g/mol. The van der Waals surface area contributed by atoms with E-state index in [1.165, 1.54) is 57.1 Å². The molecule has 1 unspecified atom stereocenters. The molecule has 1 aromatic carbocycles. The summed E-state index contributed by atoms with van der Waals surface area (Å²) < 4.78 is 0. The zero-order valence-corrected chi connectivity index (χ0v) is 15.8. The lowest BCUT2D eigenvalue weighted by molar-refractivity contribution is 0.176. The molecule has 0 saturated heterocycles. The first-order chi connectivity index (χ1) is 12.6. The van der Waals surface area contributed by atoms with E-state index in [0.29, 0.717) is 23.0 Å². The number of nitrogens with one attached hydrogen (secondary N) is 2. The quantitative estimate of drug-likeness (QED) is 0.431. The van der Waals surface area contributed by atoms with Crippen molar-refractivity contribution >= 4 is 10.9 Å². The van der Waals surface area contributed by atoms with Crippen molar-refractivity contribution in [3.63, 3.8) is 0 Å². The number of phenolic OH excluding ortho intramolecular Hbond substituents is 1. The van der Waals surface area contributed by atoms with Gasteiger partial charge in [-0.25, -0.2) is 0 Å². The minimum atomic E-state index is -0.682. The second-order valence-electron chi connectivity index (χ2n) is 6.98. The van der Waals surface area contributed by atoms with Gasteiger partial charge in [-0.1, -0.05) is 57.9 Å². The number of pyridine rings is 1. The van der Waals surface area contributed by atoms with Crippen LogP contribution in [0.15, 0.2) is 29.1 Å². The SMILES string of the molecule is CCCCCCCCCCNCC(O)c1ccc(O)c2[nH]c(=O)ccc12. The van der Waals surface area contributed by atoms with Gasteiger partial charge in [0.15, 0.2) is 0 Å². The molecule has 1 aromatic heterocycles. The number of H-pyrrole nitrogens is 1. The molecule has 0 fully saturated rings. The van der Waals surface area contributed by atoms with Crippen molar-refractivity contribution in [2.75, 3.05) is 13.1 Å². The number of fused-ring (bicyclic) bond motifs is 1. The largest absolute Gasteiger partial charge is 0.506 e. The summed E-state index contributed by atoms with van der Waals surface area (Å²) in [5, 5.41) is 24.3. The van der Waals surface area contributed by atoms with Gasteiger partial charge in [-0.15, -0.1) is 0 Å². The van der Waals surface area contributed by atoms with Crippen LogP contribution < -0.4 is 10.9 Å². The lowest BCUT2D eigenvalue weighted by Gasteiger charge is -2.15. The highest BCUT2D eigenvalue weighted by Gasteiger charge is 2.13. The van der Waals surface area contributed by atoms with Crippen molar-refractivity contribution in [2.24, 2.45) is 0 Å². The van der Waals surface area contributed by atoms with Crippen LogP contribution in [0.1, 0.15) is 70.0 Å². The van der Waals surface area contributed by atoms with E-state index in [-0.39, 0.29) is 11.3 Å². The van der Waals surface area contributed by atoms with Crippen molar-refractivity contribution in [1.82, 2.24) is 10.3 Å². The van der Waals surface area contributed by atoms with E-state index in [1.807, 2.05) is 0 Å². The third-order valence-corrected chi connectivity index (χ3v) is 4.81. The average Bonchev–Trinajstić information content (AvgIpc) is 2.64. The molecule has 2 rings (SSSR count). The van der Waals surface area contributed by atoms with E-state index in [1.54, 1.807) is 12.1 Å². The number of benzene rings is 1. The summed E-state index contributed by atoms with van der Waals surface area (Å²) in [6.45, 7) is 3.58. The van der Waals surface area contributed by atoms with Crippen molar-refractivity contribution in [1.29, 1.82) is 0 Å². The molecule has 26 heavy (non-hydrogen) atoms. The predicted molar refractivity (Wildman–Crippen MR) is 107 cm³/mol. The number of unbranched alkanes of at least 4 members (excludes halogenated alkanes) is 7. The highest BCUT2D eigenvalue weighted by molar-refractivity contribution is 5.87. The number of aromatic nitrogens is 1. The number of rotatable bonds is 12. The molecule has 5 nitrogen and oxygen atoms in total. The number of aliphatic hydroxyl groups is 1. The van der Waals surface area contributed by atoms with Crippen LogP contribution in [0.25, 0.3) is 10.9 Å². The van der Waals surface area contributed by atoms with E-state index in [2.05, 4.69) is 17.2 Å². The molecule has 0 amide bonds. The van der Waals surface area contributed by atoms with E-state index < -0.39 is 6.10 Å². The van der Waals surface area contributed by atoms with E-state index in [4.69, 9.17) is 0 Å². The fourth-order valence-corrected chi connectivity index (χ4v) is 3.28. The number of aliphatic hydroxyl groups excluding tert-OH is 1. The van der Waals surface area contributed by atoms with Crippen LogP contribution in [0.5, 0.6) is 5.75 Å². The van der Waals surface area contributed by atoms with Crippen LogP contribution in [0.3, 0.4) is 0 Å². The molecule has 0 aliphatic carbocycles. The van der Waals surface area contributed by atoms with Crippen LogP contribution >= 0.6 is 0 Å². The molecule has 0 aliphatic heterocycles. The van der Waals surface area contributed by atoms with Gasteiger partial charge in [-0.2, -0.15) is 0 Å². The predicted octanol–water partition coefficient (Wildman–Crippen LogP) is 4.00. The Morgan fingerprint density at radius 1 is 1.00 bits per heavy atom. The first kappa shape index (κ1) is 20.5. The molecular formula is C21H32N2O3. The Morgan fingerprint density at radius 2 is 1.69 bits per heavy atom. The van der Waals surface area contributed by atoms with Crippen molar-refractivity contribution in [2.45, 2.75) is 64.4 Å². The Balaban J connectivity index is 1.74. The smallest absolute Gasteiger partial charge is 0.248 e. The molecule has 0 spiro atoms. The first-order valence-corrected chi connectivity index (χ1v) is 9.87. The van der Waals surface area contributed by atoms with Gasteiger partial charge in [0.1, 0.15) is 5.75 Å². The summed E-state index contributed by atoms with van der Waals surface area (Å²) in [6, 6.07) is 6.27. The fraction of sp³-hybridized carbons (Fsp3) is 0.571. The molecular weight excluding hydrogens is 328 g/mol. The number of aromatic amines is 1. The zero-order valence-electron chi connectivity index (χ0n) is 15.8. The Hall–Kier alpha value is -1.85. The molecule has 4 N–H and O–H groups in total. The third-order valence-electron chi connectivity index (χ3n) is 4.81. The van der Waals surface area contributed by atoms with Crippen LogP contribution in [0, 0.1) is 0 Å². The lowest BCUT2D eigenvalue weighted by Crippen LogP contribution is -2.22. The Kier molecular flexibility index (Phi) is 8.65. The van der Waals surface area contributed by atoms with Gasteiger partial charge in [0.25, 0.3) is 0 Å². The standard InChI is InChI=1S/C21H32N2O3/c1-2-3-4-5-6-7-8-9-14-22-15-19(25)16-10-12-18(24)21-17(16)11-13-20(26)23-21/h10-13,19,22,24-25H,2-9,14-15H2,1H3,(H,23,26). The number of hydrogen-bond acceptors (Lipinski definition) is 4. The highest BCUT2D eigenvalue weighted by atomic mass is 16.3. The summed E-state index contributed by atoms with van der Waals surface area (Å²) in [6.07, 6.45) is 9.59. The molecule has 144 valence electrons. The molecule has 0 saturated carbocycles. The number of aromatic hydroxyl groups is 1. The Morgan fingerprint density at radius 3 is 2.42 bits per heavy atom. The summed E-state index contributed by atoms with van der Waals surface area (Å²) in [4.78, 5) is 14.1. The molecule has 2 aromatic rings. The number of phenols is 1. The Bertz CT molecular complexity index is 727. The molecule has 5 heteroatoms. The van der Waals surface area contributed by atoms with E-state index >= 15 is 0 Å². The normalized spacial score (nSPS) is 12.5. The molecule has 0 bridgehead atoms. The van der Waals surface area contributed by atoms with Gasteiger partial charge in [-0.3, -0.25) is 4.79 Å². The van der Waals surface area contributed by atoms with Crippen LogP contribution in [0.4, 0.5) is 0 Å². The van der Waals surface area contributed by atoms with Gasteiger partial charge in [0.2, 0.25) is 5.56 Å². The van der Waals surface area contributed by atoms with Gasteiger partial charge in [0, 0.05) is 18.0 Å². The summed E-state index contributed by atoms with van der Waals surface area (Å²) in [5.41, 5.74) is 0.807. The maximum atomic E-state index is 11.4. The van der Waals surface area contributed by atoms with Crippen LogP contribution in [-0.2, 0) is 0 Å². The average molecular weight is 360 g/mol. The van der Waals surface area contributed by atoms with E-state index in [0.717, 1.165) is 13.0 Å². The Labute approximate surface area is 155 Å². The maximum absolute atomic E-state index is 11.4. The third kappa shape index (κ3) is 6.15. The first-order valence-electron chi connectivity index (χ1n) is 9.87. The van der Waals surface area contributed by atoms with Crippen molar-refractivity contribution in [3.8, 4) is 5.75 Å². The summed E-state index contributed by atoms with van der Waals surface area (Å²) in [5.74, 6) is 0.0144. The molecule has 0 aliphatic rings. The van der Waals surface area contributed by atoms with Gasteiger partial charge < -0.3 is 20.5 Å². The molecule has 1 heterocycles. The minimum Gasteiger partial charge on any atom is -0.506 e. The van der Waals surface area contributed by atoms with Crippen LogP contribution in [-0.4, -0.2) is 28.3 Å². The summed E-state index contributed by atoms with van der Waals surface area (Å²) >= 11 is 0. The second kappa shape index (κ2) is 11.0. The fourth-order valence-electron chi connectivity index (χ4n) is 3.28. The van der Waals surface area contributed by atoms with Gasteiger partial charge in [0.05, 0.1) is 11.6 Å². The zero-order chi connectivity index (χ0) is 18.8. The van der Waals surface area contributed by atoms with Gasteiger partial charge >= 0.3 is 0 Å². The second-order valence-corrected chi connectivity index (χ2v) is 6.98. The summed E-state index contributed by atoms with van der Waals surface area (Å²) in [7, 11) is 0. The van der Waals surface area contributed by atoms with Crippen LogP contribution in [0.2, 0.25) is 0 Å². The van der Waals surface area contributed by atoms with Crippen molar-refractivity contribution < 1.29 is 10.2 Å². The van der Waals surface area contributed by atoms with E-state index in [9.17, 15) is 15.0 Å². The number of hydrogen-bond donors (Lipinski definition) is 4. The molecule has 0 radical (unpaired) electrons. The maximum Gasteiger partial charge on any atom is 0.248 e.